The Balaban J connectivity index is 2.02. The van der Waals surface area contributed by atoms with Crippen LogP contribution >= 0.6 is 0 Å². The molecule has 1 unspecified atom stereocenters. The molecule has 2 heterocycles. The van der Waals surface area contributed by atoms with Gasteiger partial charge in [0.25, 0.3) is 11.8 Å². The lowest BCUT2D eigenvalue weighted by Gasteiger charge is -2.32. The predicted octanol–water partition coefficient (Wildman–Crippen LogP) is 5.37. The Morgan fingerprint density at radius 1 is 1.26 bits per heavy atom. The highest BCUT2D eigenvalue weighted by molar-refractivity contribution is 6.35. The quantitative estimate of drug-likeness (QED) is 0.419. The highest BCUT2D eigenvalue weighted by Gasteiger charge is 2.29. The van der Waals surface area contributed by atoms with Gasteiger partial charge in [-0.15, -0.1) is 0 Å². The molecule has 3 rings (SSSR count). The number of halogens is 1. The van der Waals surface area contributed by atoms with Gasteiger partial charge in [-0.25, -0.2) is 4.39 Å². The number of rotatable bonds is 9. The van der Waals surface area contributed by atoms with E-state index in [0.29, 0.717) is 58.3 Å². The van der Waals surface area contributed by atoms with Crippen molar-refractivity contribution in [2.24, 2.45) is 0 Å². The van der Waals surface area contributed by atoms with Gasteiger partial charge in [-0.05, 0) is 89.7 Å². The highest BCUT2D eigenvalue weighted by Crippen LogP contribution is 2.38. The lowest BCUT2D eigenvalue weighted by atomic mass is 9.98. The molecule has 0 fully saturated rings. The number of fused-ring (bicyclic) bond motifs is 1. The normalized spacial score (nSPS) is 16.3. The molecule has 0 saturated heterocycles. The van der Waals surface area contributed by atoms with Crippen molar-refractivity contribution in [3.05, 3.63) is 51.1 Å². The van der Waals surface area contributed by atoms with Crippen LogP contribution in [0.4, 0.5) is 10.1 Å². The monoisotopic (exact) mass is 484 g/mol. The van der Waals surface area contributed by atoms with Gasteiger partial charge in [-0.1, -0.05) is 13.8 Å². The number of H-pyrrole nitrogens is 1. The lowest BCUT2D eigenvalue weighted by Crippen LogP contribution is -2.45. The summed E-state index contributed by atoms with van der Waals surface area (Å²) in [6.07, 6.45) is 1.47. The number of carbonyl (C=O) groups excluding carboxylic acids is 2. The third-order valence-corrected chi connectivity index (χ3v) is 6.86. The molecule has 35 heavy (non-hydrogen) atoms. The van der Waals surface area contributed by atoms with Crippen molar-refractivity contribution in [2.75, 3.05) is 18.4 Å². The number of aromatic nitrogens is 1. The fourth-order valence-electron chi connectivity index (χ4n) is 4.82. The van der Waals surface area contributed by atoms with E-state index >= 15 is 0 Å². The molecule has 2 amide bonds. The first-order valence-electron chi connectivity index (χ1n) is 13.4. The minimum Gasteiger partial charge on any atom is -0.358 e. The predicted molar refractivity (Wildman–Crippen MR) is 141 cm³/mol. The molecular formula is C28H39FN4O2. The van der Waals surface area contributed by atoms with Crippen LogP contribution in [0.1, 0.15) is 87.8 Å². The molecule has 1 aliphatic rings. The summed E-state index contributed by atoms with van der Waals surface area (Å²) in [6, 6.07) is -0.0620. The maximum atomic E-state index is 14.8. The van der Waals surface area contributed by atoms with Crippen molar-refractivity contribution >= 4 is 29.1 Å². The van der Waals surface area contributed by atoms with Crippen molar-refractivity contribution in [3.63, 3.8) is 0 Å². The van der Waals surface area contributed by atoms with Gasteiger partial charge in [-0.2, -0.15) is 0 Å². The third kappa shape index (κ3) is 5.20. The van der Waals surface area contributed by atoms with Crippen molar-refractivity contribution < 1.29 is 16.7 Å². The second kappa shape index (κ2) is 10.8. The number of nitrogens with one attached hydrogen (secondary N) is 3. The van der Waals surface area contributed by atoms with Crippen LogP contribution in [0.5, 0.6) is 0 Å². The minimum atomic E-state index is -0.705. The van der Waals surface area contributed by atoms with E-state index in [-0.39, 0.29) is 29.1 Å². The van der Waals surface area contributed by atoms with E-state index in [9.17, 15) is 14.0 Å². The number of aromatic amines is 1. The van der Waals surface area contributed by atoms with Gasteiger partial charge in [0.05, 0.1) is 19.6 Å². The second-order valence-corrected chi connectivity index (χ2v) is 9.62. The molecule has 0 spiro atoms. The standard InChI is InChI=1S/C28H39FN4O2/c1-9-11-33(15(3)4)16(5)14-30-28(35)25-19(8)31-24(20(25)10-2)13-22-21-12-23(29)17(6)18(7)26(21)32-27(22)34/h12-13,15-16,31H,9-11,14H2,1-8H3,(H,30,35)(H,32,34)/b22-13-/i12D,13D. The van der Waals surface area contributed by atoms with E-state index in [1.807, 2.05) is 6.92 Å². The van der Waals surface area contributed by atoms with Crippen LogP contribution in [0.3, 0.4) is 0 Å². The van der Waals surface area contributed by atoms with Gasteiger partial charge in [0.1, 0.15) is 5.82 Å². The Bertz CT molecular complexity index is 1270. The first kappa shape index (κ1) is 23.8. The molecule has 0 saturated carbocycles. The molecule has 0 bridgehead atoms. The lowest BCUT2D eigenvalue weighted by molar-refractivity contribution is -0.110. The molecule has 3 N–H and O–H groups in total. The summed E-state index contributed by atoms with van der Waals surface area (Å²) in [4.78, 5) is 31.7. The van der Waals surface area contributed by atoms with Crippen molar-refractivity contribution in [1.29, 1.82) is 0 Å². The maximum Gasteiger partial charge on any atom is 0.256 e. The first-order valence-corrected chi connectivity index (χ1v) is 12.4. The smallest absolute Gasteiger partial charge is 0.256 e. The summed E-state index contributed by atoms with van der Waals surface area (Å²) in [5.74, 6) is -1.50. The molecule has 7 heteroatoms. The molecule has 6 nitrogen and oxygen atoms in total. The summed E-state index contributed by atoms with van der Waals surface area (Å²) in [5.41, 5.74) is 3.22. The number of benzene rings is 1. The molecule has 2 aromatic rings. The molecular weight excluding hydrogens is 443 g/mol. The van der Waals surface area contributed by atoms with Crippen molar-refractivity contribution in [2.45, 2.75) is 80.3 Å². The molecule has 1 aliphatic heterocycles. The van der Waals surface area contributed by atoms with Gasteiger partial charge in [0.2, 0.25) is 0 Å². The van der Waals surface area contributed by atoms with Crippen LogP contribution in [0.15, 0.2) is 6.04 Å². The average molecular weight is 485 g/mol. The van der Waals surface area contributed by atoms with E-state index in [2.05, 4.69) is 48.2 Å². The van der Waals surface area contributed by atoms with E-state index in [1.54, 1.807) is 20.8 Å². The van der Waals surface area contributed by atoms with Gasteiger partial charge < -0.3 is 15.6 Å². The van der Waals surface area contributed by atoms with E-state index in [0.717, 1.165) is 13.0 Å². The van der Waals surface area contributed by atoms with Gasteiger partial charge >= 0.3 is 0 Å². The fourth-order valence-corrected chi connectivity index (χ4v) is 4.82. The Kier molecular flexibility index (Phi) is 7.32. The number of nitrogens with zero attached hydrogens (tertiary/aromatic N) is 1. The van der Waals surface area contributed by atoms with Crippen LogP contribution in [0, 0.1) is 26.6 Å². The molecule has 190 valence electrons. The summed E-state index contributed by atoms with van der Waals surface area (Å²) in [7, 11) is 0. The number of aryl methyl sites for hydroxylation is 1. The Labute approximate surface area is 211 Å². The third-order valence-electron chi connectivity index (χ3n) is 6.86. The van der Waals surface area contributed by atoms with Gasteiger partial charge in [0, 0.05) is 35.6 Å². The van der Waals surface area contributed by atoms with E-state index in [4.69, 9.17) is 2.74 Å². The summed E-state index contributed by atoms with van der Waals surface area (Å²) in [5, 5.41) is 5.77. The zero-order chi connectivity index (χ0) is 27.8. The minimum absolute atomic E-state index is 0.0642. The SMILES string of the molecule is [2H]/C(=C1/C(=O)Nc2c(C)c(C)c(F)c([2H])c21)c1[nH]c(C)c(C(=O)NCC(C)N(CCC)C(C)C)c1CC. The molecule has 1 atom stereocenters. The summed E-state index contributed by atoms with van der Waals surface area (Å²) < 4.78 is 32.0. The van der Waals surface area contributed by atoms with Crippen molar-refractivity contribution in [1.82, 2.24) is 15.2 Å². The zero-order valence-electron chi connectivity index (χ0n) is 24.1. The van der Waals surface area contributed by atoms with Crippen LogP contribution in [-0.4, -0.2) is 46.9 Å². The van der Waals surface area contributed by atoms with Gasteiger partial charge in [0.15, 0.2) is 0 Å². The number of amides is 2. The van der Waals surface area contributed by atoms with Crippen LogP contribution < -0.4 is 10.6 Å². The molecule has 1 aromatic carbocycles. The van der Waals surface area contributed by atoms with Crippen LogP contribution in [-0.2, 0) is 11.2 Å². The summed E-state index contributed by atoms with van der Waals surface area (Å²) in [6.45, 7) is 16.8. The van der Waals surface area contributed by atoms with Crippen molar-refractivity contribution in [3.8, 4) is 0 Å². The largest absolute Gasteiger partial charge is 0.358 e. The zero-order valence-corrected chi connectivity index (χ0v) is 22.1. The molecule has 0 radical (unpaired) electrons. The maximum absolute atomic E-state index is 14.8. The molecule has 0 aliphatic carbocycles. The Morgan fingerprint density at radius 2 is 1.94 bits per heavy atom. The van der Waals surface area contributed by atoms with Gasteiger partial charge in [-0.3, -0.25) is 14.5 Å². The number of carbonyl (C=O) groups is 2. The Hall–Kier alpha value is -2.93. The second-order valence-electron chi connectivity index (χ2n) is 9.62. The summed E-state index contributed by atoms with van der Waals surface area (Å²) >= 11 is 0. The molecule has 1 aromatic heterocycles. The number of anilines is 1. The highest BCUT2D eigenvalue weighted by atomic mass is 19.1. The fraction of sp³-hybridized carbons (Fsp3) is 0.500. The average Bonchev–Trinajstić information content (AvgIpc) is 3.38. The number of hydrogen-bond acceptors (Lipinski definition) is 3. The topological polar surface area (TPSA) is 77.2 Å². The number of hydrogen-bond donors (Lipinski definition) is 3. The van der Waals surface area contributed by atoms with E-state index in [1.165, 1.54) is 0 Å². The Morgan fingerprint density at radius 3 is 2.54 bits per heavy atom. The first-order chi connectivity index (χ1) is 17.4. The van der Waals surface area contributed by atoms with Crippen LogP contribution in [0.2, 0.25) is 0 Å². The van der Waals surface area contributed by atoms with E-state index < -0.39 is 17.8 Å². The van der Waals surface area contributed by atoms with Crippen LogP contribution in [0.25, 0.3) is 11.6 Å².